The molecule has 0 aliphatic carbocycles. The van der Waals surface area contributed by atoms with Gasteiger partial charge in [0.2, 0.25) is 5.95 Å². The van der Waals surface area contributed by atoms with Crippen LogP contribution in [0.5, 0.6) is 0 Å². The summed E-state index contributed by atoms with van der Waals surface area (Å²) in [6.07, 6.45) is 2.89. The van der Waals surface area contributed by atoms with Gasteiger partial charge in [-0.2, -0.15) is 0 Å². The van der Waals surface area contributed by atoms with Gasteiger partial charge in [0.15, 0.2) is 0 Å². The molecule has 5 nitrogen and oxygen atoms in total. The molecule has 0 spiro atoms. The lowest BCUT2D eigenvalue weighted by Crippen LogP contribution is -2.13. The lowest BCUT2D eigenvalue weighted by atomic mass is 10.2. The standard InChI is InChI=1S/C18H14Cl2N4O/c1-11-4-2-3-5-15(11)24-18-21-9-12(10-22-18)17(25)23-16-8-13(19)6-7-14(16)20/h2-10H,1H3,(H,23,25)(H,21,22,24). The quantitative estimate of drug-likeness (QED) is 0.669. The third-order valence-electron chi connectivity index (χ3n) is 3.48. The van der Waals surface area contributed by atoms with Gasteiger partial charge in [0.25, 0.3) is 5.91 Å². The van der Waals surface area contributed by atoms with E-state index in [2.05, 4.69) is 20.6 Å². The summed E-state index contributed by atoms with van der Waals surface area (Å²) in [5.41, 5.74) is 2.72. The predicted molar refractivity (Wildman–Crippen MR) is 101 cm³/mol. The molecule has 1 aromatic heterocycles. The van der Waals surface area contributed by atoms with Crippen LogP contribution < -0.4 is 10.6 Å². The maximum Gasteiger partial charge on any atom is 0.258 e. The number of carbonyl (C=O) groups excluding carboxylic acids is 1. The van der Waals surface area contributed by atoms with E-state index in [1.165, 1.54) is 12.4 Å². The van der Waals surface area contributed by atoms with E-state index < -0.39 is 0 Å². The minimum atomic E-state index is -0.369. The zero-order valence-corrected chi connectivity index (χ0v) is 14.8. The summed E-state index contributed by atoms with van der Waals surface area (Å²) in [4.78, 5) is 20.6. The molecule has 1 amide bonds. The molecule has 0 aliphatic heterocycles. The van der Waals surface area contributed by atoms with Crippen molar-refractivity contribution in [3.63, 3.8) is 0 Å². The Hall–Kier alpha value is -2.63. The normalized spacial score (nSPS) is 10.4. The molecule has 0 bridgehead atoms. The number of aromatic nitrogens is 2. The molecule has 3 rings (SSSR count). The van der Waals surface area contributed by atoms with Crippen LogP contribution in [0.25, 0.3) is 0 Å². The van der Waals surface area contributed by atoms with E-state index >= 15 is 0 Å². The van der Waals surface area contributed by atoms with Crippen molar-refractivity contribution in [2.75, 3.05) is 10.6 Å². The third kappa shape index (κ3) is 4.26. The van der Waals surface area contributed by atoms with Gasteiger partial charge >= 0.3 is 0 Å². The average Bonchev–Trinajstić information content (AvgIpc) is 2.61. The van der Waals surface area contributed by atoms with Crippen molar-refractivity contribution in [2.45, 2.75) is 6.92 Å². The smallest absolute Gasteiger partial charge is 0.258 e. The molecule has 1 heterocycles. The minimum Gasteiger partial charge on any atom is -0.324 e. The number of halogens is 2. The third-order valence-corrected chi connectivity index (χ3v) is 4.05. The Kier molecular flexibility index (Phi) is 5.16. The van der Waals surface area contributed by atoms with E-state index in [4.69, 9.17) is 23.2 Å². The van der Waals surface area contributed by atoms with Gasteiger partial charge in [0, 0.05) is 23.1 Å². The van der Waals surface area contributed by atoms with Crippen molar-refractivity contribution in [1.29, 1.82) is 0 Å². The Morgan fingerprint density at radius 1 is 1.00 bits per heavy atom. The fourth-order valence-electron chi connectivity index (χ4n) is 2.13. The second-order valence-electron chi connectivity index (χ2n) is 5.31. The summed E-state index contributed by atoms with van der Waals surface area (Å²) in [5, 5.41) is 6.68. The van der Waals surface area contributed by atoms with Crippen molar-refractivity contribution in [3.05, 3.63) is 76.0 Å². The maximum atomic E-state index is 12.3. The van der Waals surface area contributed by atoms with E-state index in [0.717, 1.165) is 11.3 Å². The number of anilines is 3. The van der Waals surface area contributed by atoms with E-state index in [-0.39, 0.29) is 5.91 Å². The first-order valence-corrected chi connectivity index (χ1v) is 8.19. The molecule has 25 heavy (non-hydrogen) atoms. The molecular weight excluding hydrogens is 359 g/mol. The average molecular weight is 373 g/mol. The predicted octanol–water partition coefficient (Wildman–Crippen LogP) is 5.09. The van der Waals surface area contributed by atoms with Gasteiger partial charge in [-0.3, -0.25) is 4.79 Å². The molecule has 7 heteroatoms. The Morgan fingerprint density at radius 2 is 1.72 bits per heavy atom. The molecule has 0 radical (unpaired) electrons. The van der Waals surface area contributed by atoms with Crippen LogP contribution in [-0.4, -0.2) is 15.9 Å². The summed E-state index contributed by atoms with van der Waals surface area (Å²) in [5.74, 6) is 0.0400. The lowest BCUT2D eigenvalue weighted by molar-refractivity contribution is 0.102. The largest absolute Gasteiger partial charge is 0.324 e. The van der Waals surface area contributed by atoms with E-state index in [1.807, 2.05) is 31.2 Å². The lowest BCUT2D eigenvalue weighted by Gasteiger charge is -2.09. The summed E-state index contributed by atoms with van der Waals surface area (Å²) in [6.45, 7) is 1.99. The number of nitrogens with zero attached hydrogens (tertiary/aromatic N) is 2. The fraction of sp³-hybridized carbons (Fsp3) is 0.0556. The number of hydrogen-bond acceptors (Lipinski definition) is 4. The molecule has 0 saturated carbocycles. The molecule has 3 aromatic rings. The molecule has 2 aromatic carbocycles. The Balaban J connectivity index is 1.72. The van der Waals surface area contributed by atoms with Crippen molar-refractivity contribution < 1.29 is 4.79 Å². The van der Waals surface area contributed by atoms with Crippen molar-refractivity contribution >= 4 is 46.4 Å². The number of nitrogens with one attached hydrogen (secondary N) is 2. The number of carbonyl (C=O) groups is 1. The summed E-state index contributed by atoms with van der Waals surface area (Å²) in [6, 6.07) is 12.6. The summed E-state index contributed by atoms with van der Waals surface area (Å²) < 4.78 is 0. The van der Waals surface area contributed by atoms with Gasteiger partial charge in [-0.15, -0.1) is 0 Å². The van der Waals surface area contributed by atoms with Crippen LogP contribution in [0.3, 0.4) is 0 Å². The highest BCUT2D eigenvalue weighted by Crippen LogP contribution is 2.26. The highest BCUT2D eigenvalue weighted by molar-refractivity contribution is 6.35. The molecule has 0 saturated heterocycles. The van der Waals surface area contributed by atoms with E-state index in [9.17, 15) is 4.79 Å². The molecule has 0 aliphatic rings. The second kappa shape index (κ2) is 7.51. The van der Waals surface area contributed by atoms with Gasteiger partial charge in [0.05, 0.1) is 16.3 Å². The first-order valence-electron chi connectivity index (χ1n) is 7.44. The van der Waals surface area contributed by atoms with Crippen LogP contribution in [0, 0.1) is 6.92 Å². The first-order chi connectivity index (χ1) is 12.0. The van der Waals surface area contributed by atoms with Crippen LogP contribution in [-0.2, 0) is 0 Å². The van der Waals surface area contributed by atoms with Crippen LogP contribution in [0.2, 0.25) is 10.0 Å². The van der Waals surface area contributed by atoms with Gasteiger partial charge in [-0.1, -0.05) is 41.4 Å². The first kappa shape index (κ1) is 17.2. The van der Waals surface area contributed by atoms with Crippen LogP contribution in [0.1, 0.15) is 15.9 Å². The number of benzene rings is 2. The molecule has 0 atom stereocenters. The van der Waals surface area contributed by atoms with Gasteiger partial charge in [-0.05, 0) is 36.8 Å². The second-order valence-corrected chi connectivity index (χ2v) is 6.16. The molecule has 2 N–H and O–H groups in total. The van der Waals surface area contributed by atoms with E-state index in [0.29, 0.717) is 27.2 Å². The van der Waals surface area contributed by atoms with E-state index in [1.54, 1.807) is 18.2 Å². The zero-order valence-electron chi connectivity index (χ0n) is 13.3. The highest BCUT2D eigenvalue weighted by Gasteiger charge is 2.10. The van der Waals surface area contributed by atoms with Gasteiger partial charge in [0.1, 0.15) is 0 Å². The highest BCUT2D eigenvalue weighted by atomic mass is 35.5. The fourth-order valence-corrected chi connectivity index (χ4v) is 2.47. The number of aryl methyl sites for hydroxylation is 1. The Morgan fingerprint density at radius 3 is 2.44 bits per heavy atom. The van der Waals surface area contributed by atoms with Crippen molar-refractivity contribution in [2.24, 2.45) is 0 Å². The van der Waals surface area contributed by atoms with Crippen molar-refractivity contribution in [3.8, 4) is 0 Å². The molecule has 0 fully saturated rings. The summed E-state index contributed by atoms with van der Waals surface area (Å²) in [7, 11) is 0. The number of hydrogen-bond donors (Lipinski definition) is 2. The minimum absolute atomic E-state index is 0.311. The maximum absolute atomic E-state index is 12.3. The molecule has 0 unspecified atom stereocenters. The summed E-state index contributed by atoms with van der Waals surface area (Å²) >= 11 is 12.0. The van der Waals surface area contributed by atoms with Gasteiger partial charge < -0.3 is 10.6 Å². The van der Waals surface area contributed by atoms with Gasteiger partial charge in [-0.25, -0.2) is 9.97 Å². The van der Waals surface area contributed by atoms with Crippen molar-refractivity contribution in [1.82, 2.24) is 9.97 Å². The van der Waals surface area contributed by atoms with Crippen LogP contribution in [0.4, 0.5) is 17.3 Å². The molecular formula is C18H14Cl2N4O. The van der Waals surface area contributed by atoms with Crippen LogP contribution >= 0.6 is 23.2 Å². The number of para-hydroxylation sites is 1. The number of amides is 1. The monoisotopic (exact) mass is 372 g/mol. The SMILES string of the molecule is Cc1ccccc1Nc1ncc(C(=O)Nc2cc(Cl)ccc2Cl)cn1. The molecule has 126 valence electrons. The topological polar surface area (TPSA) is 66.9 Å². The number of rotatable bonds is 4. The zero-order chi connectivity index (χ0) is 17.8. The Bertz CT molecular complexity index is 913. The Labute approximate surface area is 155 Å². The van der Waals surface area contributed by atoms with Crippen LogP contribution in [0.15, 0.2) is 54.9 Å².